The highest BCUT2D eigenvalue weighted by atomic mass is 35.5. The average Bonchev–Trinajstić information content (AvgIpc) is 2.54. The van der Waals surface area contributed by atoms with Gasteiger partial charge in [0, 0.05) is 18.2 Å². The van der Waals surface area contributed by atoms with Gasteiger partial charge in [-0.05, 0) is 43.9 Å². The fourth-order valence-corrected chi connectivity index (χ4v) is 3.82. The lowest BCUT2D eigenvalue weighted by Crippen LogP contribution is -2.29. The summed E-state index contributed by atoms with van der Waals surface area (Å²) in [6, 6.07) is 2.55. The molecule has 0 bridgehead atoms. The van der Waals surface area contributed by atoms with Crippen LogP contribution < -0.4 is 4.72 Å². The molecular weight excluding hydrogens is 383 g/mol. The van der Waals surface area contributed by atoms with Gasteiger partial charge in [0.15, 0.2) is 6.29 Å². The van der Waals surface area contributed by atoms with Crippen LogP contribution in [0.4, 0.5) is 13.2 Å². The summed E-state index contributed by atoms with van der Waals surface area (Å²) in [4.78, 5) is -0.846. The van der Waals surface area contributed by atoms with Gasteiger partial charge in [0.1, 0.15) is 0 Å². The molecule has 1 aliphatic heterocycles. The van der Waals surface area contributed by atoms with Gasteiger partial charge < -0.3 is 9.47 Å². The van der Waals surface area contributed by atoms with Crippen LogP contribution in [-0.4, -0.2) is 34.5 Å². The van der Waals surface area contributed by atoms with Crippen LogP contribution >= 0.6 is 11.6 Å². The molecule has 1 atom stereocenters. The Labute approximate surface area is 149 Å². The maximum Gasteiger partial charge on any atom is 0.417 e. The summed E-state index contributed by atoms with van der Waals surface area (Å²) in [6.45, 7) is 0.836. The third-order valence-electron chi connectivity index (χ3n) is 3.59. The fraction of sp³-hybridized carbons (Fsp3) is 0.600. The molecule has 1 aromatic rings. The number of hydrogen-bond donors (Lipinski definition) is 1. The number of nitrogens with one attached hydrogen (secondary N) is 1. The van der Waals surface area contributed by atoms with E-state index in [1.807, 2.05) is 0 Å². The minimum Gasteiger partial charge on any atom is -0.353 e. The fourth-order valence-electron chi connectivity index (χ4n) is 2.37. The lowest BCUT2D eigenvalue weighted by atomic mass is 10.2. The first-order valence-electron chi connectivity index (χ1n) is 7.80. The normalized spacial score (nSPS) is 19.1. The molecule has 1 N–H and O–H groups in total. The number of benzene rings is 1. The second-order valence-corrected chi connectivity index (χ2v) is 7.73. The first kappa shape index (κ1) is 20.4. The molecule has 1 aromatic carbocycles. The van der Waals surface area contributed by atoms with E-state index >= 15 is 0 Å². The van der Waals surface area contributed by atoms with Crippen LogP contribution in [0.2, 0.25) is 5.02 Å². The number of hydrogen-bond acceptors (Lipinski definition) is 4. The second kappa shape index (κ2) is 8.68. The molecule has 0 amide bonds. The van der Waals surface area contributed by atoms with E-state index in [1.165, 1.54) is 0 Å². The highest BCUT2D eigenvalue weighted by molar-refractivity contribution is 7.89. The summed E-state index contributed by atoms with van der Waals surface area (Å²) < 4.78 is 76.3. The Bertz CT molecular complexity index is 676. The molecule has 2 rings (SSSR count). The summed E-state index contributed by atoms with van der Waals surface area (Å²) in [7, 11) is -4.31. The number of ether oxygens (including phenoxy) is 2. The summed E-state index contributed by atoms with van der Waals surface area (Å²) in [5.41, 5.74) is -1.29. The Morgan fingerprint density at radius 3 is 2.72 bits per heavy atom. The predicted octanol–water partition coefficient (Wildman–Crippen LogP) is 3.57. The molecular formula is C15H19ClF3NO4S. The number of alkyl halides is 3. The maximum atomic E-state index is 13.0. The van der Waals surface area contributed by atoms with E-state index in [2.05, 4.69) is 4.72 Å². The topological polar surface area (TPSA) is 64.6 Å². The molecule has 1 aliphatic rings. The van der Waals surface area contributed by atoms with Crippen molar-refractivity contribution >= 4 is 21.6 Å². The third-order valence-corrected chi connectivity index (χ3v) is 5.35. The lowest BCUT2D eigenvalue weighted by Gasteiger charge is -2.22. The van der Waals surface area contributed by atoms with Gasteiger partial charge in [-0.15, -0.1) is 0 Å². The Balaban J connectivity index is 1.91. The summed E-state index contributed by atoms with van der Waals surface area (Å²) in [5, 5.41) is -0.188. The van der Waals surface area contributed by atoms with Gasteiger partial charge in [-0.3, -0.25) is 0 Å². The first-order chi connectivity index (χ1) is 11.7. The largest absolute Gasteiger partial charge is 0.417 e. The zero-order valence-corrected chi connectivity index (χ0v) is 14.9. The molecule has 25 heavy (non-hydrogen) atoms. The van der Waals surface area contributed by atoms with Crippen molar-refractivity contribution in [2.45, 2.75) is 43.0 Å². The molecule has 0 radical (unpaired) electrons. The molecule has 1 fully saturated rings. The van der Waals surface area contributed by atoms with Crippen LogP contribution in [0.5, 0.6) is 0 Å². The van der Waals surface area contributed by atoms with Gasteiger partial charge >= 0.3 is 6.18 Å². The lowest BCUT2D eigenvalue weighted by molar-refractivity contribution is -0.162. The Kier molecular flexibility index (Phi) is 7.10. The molecule has 0 aromatic heterocycles. The van der Waals surface area contributed by atoms with Crippen molar-refractivity contribution < 1.29 is 31.1 Å². The zero-order chi connectivity index (χ0) is 18.5. The van der Waals surface area contributed by atoms with Gasteiger partial charge in [-0.2, -0.15) is 13.2 Å². The smallest absolute Gasteiger partial charge is 0.353 e. The van der Waals surface area contributed by atoms with Crippen LogP contribution in [0, 0.1) is 0 Å². The molecule has 0 aliphatic carbocycles. The van der Waals surface area contributed by atoms with Gasteiger partial charge in [-0.25, -0.2) is 13.1 Å². The molecule has 10 heteroatoms. The highest BCUT2D eigenvalue weighted by Crippen LogP contribution is 2.35. The van der Waals surface area contributed by atoms with Crippen LogP contribution in [0.25, 0.3) is 0 Å². The molecule has 0 spiro atoms. The predicted molar refractivity (Wildman–Crippen MR) is 85.8 cm³/mol. The minimum atomic E-state index is -4.82. The van der Waals surface area contributed by atoms with E-state index in [-0.39, 0.29) is 24.5 Å². The Morgan fingerprint density at radius 2 is 2.08 bits per heavy atom. The van der Waals surface area contributed by atoms with E-state index in [0.717, 1.165) is 31.4 Å². The van der Waals surface area contributed by atoms with Crippen LogP contribution in [-0.2, 0) is 25.7 Å². The Hall–Kier alpha value is -0.870. The number of halogens is 4. The zero-order valence-electron chi connectivity index (χ0n) is 13.3. The standard InChI is InChI=1S/C15H19ClF3NO4S/c16-11-5-6-13(12(10-11)15(17,18)19)25(21,22)20-7-3-9-24-14-4-1-2-8-23-14/h5-6,10,14,20H,1-4,7-9H2/t14-/m1/s1. The summed E-state index contributed by atoms with van der Waals surface area (Å²) in [5.74, 6) is 0. The van der Waals surface area contributed by atoms with Gasteiger partial charge in [0.25, 0.3) is 0 Å². The monoisotopic (exact) mass is 401 g/mol. The number of rotatable bonds is 7. The first-order valence-corrected chi connectivity index (χ1v) is 9.66. The van der Waals surface area contributed by atoms with Crippen molar-refractivity contribution in [1.29, 1.82) is 0 Å². The van der Waals surface area contributed by atoms with E-state index in [9.17, 15) is 21.6 Å². The van der Waals surface area contributed by atoms with E-state index in [0.29, 0.717) is 19.1 Å². The summed E-state index contributed by atoms with van der Waals surface area (Å²) in [6.07, 6.45) is -2.02. The van der Waals surface area contributed by atoms with Gasteiger partial charge in [0.05, 0.1) is 17.1 Å². The van der Waals surface area contributed by atoms with Crippen molar-refractivity contribution in [2.24, 2.45) is 0 Å². The van der Waals surface area contributed by atoms with Crippen LogP contribution in [0.15, 0.2) is 23.1 Å². The van der Waals surface area contributed by atoms with Crippen molar-refractivity contribution in [3.05, 3.63) is 28.8 Å². The van der Waals surface area contributed by atoms with Crippen LogP contribution in [0.3, 0.4) is 0 Å². The van der Waals surface area contributed by atoms with E-state index in [1.54, 1.807) is 0 Å². The molecule has 0 unspecified atom stereocenters. The highest BCUT2D eigenvalue weighted by Gasteiger charge is 2.37. The SMILES string of the molecule is O=S(=O)(NCCCO[C@@H]1CCCCO1)c1ccc(Cl)cc1C(F)(F)F. The quantitative estimate of drug-likeness (QED) is 0.709. The Morgan fingerprint density at radius 1 is 1.32 bits per heavy atom. The van der Waals surface area contributed by atoms with Crippen molar-refractivity contribution in [2.75, 3.05) is 19.8 Å². The van der Waals surface area contributed by atoms with Gasteiger partial charge in [-0.1, -0.05) is 11.6 Å². The van der Waals surface area contributed by atoms with Crippen molar-refractivity contribution in [3.8, 4) is 0 Å². The van der Waals surface area contributed by atoms with Crippen molar-refractivity contribution in [3.63, 3.8) is 0 Å². The van der Waals surface area contributed by atoms with Gasteiger partial charge in [0.2, 0.25) is 10.0 Å². The second-order valence-electron chi connectivity index (χ2n) is 5.56. The molecule has 1 saturated heterocycles. The van der Waals surface area contributed by atoms with Crippen LogP contribution in [0.1, 0.15) is 31.2 Å². The molecule has 0 saturated carbocycles. The third kappa shape index (κ3) is 6.10. The van der Waals surface area contributed by atoms with Crippen molar-refractivity contribution in [1.82, 2.24) is 4.72 Å². The van der Waals surface area contributed by atoms with E-state index in [4.69, 9.17) is 21.1 Å². The molecule has 1 heterocycles. The minimum absolute atomic E-state index is 0.0466. The number of sulfonamides is 1. The molecule has 142 valence electrons. The molecule has 5 nitrogen and oxygen atoms in total. The van der Waals surface area contributed by atoms with E-state index < -0.39 is 26.7 Å². The summed E-state index contributed by atoms with van der Waals surface area (Å²) >= 11 is 5.55. The average molecular weight is 402 g/mol. The maximum absolute atomic E-state index is 13.0.